The van der Waals surface area contributed by atoms with Gasteiger partial charge < -0.3 is 20.2 Å². The van der Waals surface area contributed by atoms with Crippen LogP contribution in [0.5, 0.6) is 0 Å². The van der Waals surface area contributed by atoms with Crippen molar-refractivity contribution in [3.05, 3.63) is 59.5 Å². The van der Waals surface area contributed by atoms with E-state index in [0.717, 1.165) is 17.1 Å². The third-order valence-corrected chi connectivity index (χ3v) is 3.35. The molecule has 6 heteroatoms. The third-order valence-electron chi connectivity index (χ3n) is 3.35. The highest BCUT2D eigenvalue weighted by Crippen LogP contribution is 2.17. The fourth-order valence-electron chi connectivity index (χ4n) is 2.17. The molecule has 1 aliphatic rings. The normalized spacial score (nSPS) is 16.8. The Hall–Kier alpha value is -1.54. The topological polar surface area (TPSA) is 69.8 Å². The highest BCUT2D eigenvalue weighted by atomic mass is 127. The molecule has 0 saturated heterocycles. The van der Waals surface area contributed by atoms with Gasteiger partial charge in [-0.3, -0.25) is 4.99 Å². The van der Waals surface area contributed by atoms with Crippen molar-refractivity contribution < 1.29 is 9.52 Å². The lowest BCUT2D eigenvalue weighted by Crippen LogP contribution is -2.34. The van der Waals surface area contributed by atoms with Crippen LogP contribution in [0.4, 0.5) is 0 Å². The molecule has 112 valence electrons. The second-order valence-corrected chi connectivity index (χ2v) is 4.77. The summed E-state index contributed by atoms with van der Waals surface area (Å²) in [6.45, 7) is 1.48. The summed E-state index contributed by atoms with van der Waals surface area (Å²) in [5, 5.41) is 15.6. The maximum atomic E-state index is 9.04. The van der Waals surface area contributed by atoms with E-state index in [4.69, 9.17) is 9.52 Å². The van der Waals surface area contributed by atoms with Gasteiger partial charge in [-0.15, -0.1) is 24.0 Å². The predicted molar refractivity (Wildman–Crippen MR) is 91.5 cm³/mol. The number of aliphatic hydroxyl groups is 1. The first-order chi connectivity index (χ1) is 9.85. The Morgan fingerprint density at radius 2 is 2.05 bits per heavy atom. The van der Waals surface area contributed by atoms with Gasteiger partial charge in [0.05, 0.1) is 31.7 Å². The number of guanidine groups is 1. The Balaban J connectivity index is 0.00000161. The molecule has 0 bridgehead atoms. The summed E-state index contributed by atoms with van der Waals surface area (Å²) in [7, 11) is 0. The number of nitrogens with one attached hydrogen (secondary N) is 2. The molecular weight excluding hydrogens is 381 g/mol. The summed E-state index contributed by atoms with van der Waals surface area (Å²) < 4.78 is 5.02. The number of hydrogen-bond donors (Lipinski definition) is 3. The summed E-state index contributed by atoms with van der Waals surface area (Å²) in [6.07, 6.45) is 3.38. The molecule has 5 nitrogen and oxygen atoms in total. The molecule has 1 aliphatic heterocycles. The lowest BCUT2D eigenvalue weighted by molar-refractivity contribution is 0.282. The maximum absolute atomic E-state index is 9.04. The van der Waals surface area contributed by atoms with Gasteiger partial charge >= 0.3 is 0 Å². The van der Waals surface area contributed by atoms with Crippen LogP contribution in [0.15, 0.2) is 52.3 Å². The van der Waals surface area contributed by atoms with Crippen LogP contribution >= 0.6 is 24.0 Å². The van der Waals surface area contributed by atoms with Crippen LogP contribution in [-0.4, -0.2) is 17.6 Å². The van der Waals surface area contributed by atoms with E-state index < -0.39 is 0 Å². The molecule has 0 radical (unpaired) electrons. The largest absolute Gasteiger partial charge is 0.472 e. The van der Waals surface area contributed by atoms with Gasteiger partial charge in [0.15, 0.2) is 5.96 Å². The zero-order valence-corrected chi connectivity index (χ0v) is 13.8. The summed E-state index contributed by atoms with van der Waals surface area (Å²) >= 11 is 0. The number of aliphatic hydroxyl groups excluding tert-OH is 1. The SMILES string of the molecule is I.OCc1ccc(C2CN=C(NCc3ccoc3)N2)cc1. The van der Waals surface area contributed by atoms with Gasteiger partial charge in [0, 0.05) is 12.1 Å². The first-order valence-corrected chi connectivity index (χ1v) is 6.61. The Morgan fingerprint density at radius 1 is 1.24 bits per heavy atom. The molecular formula is C15H18IN3O2. The summed E-state index contributed by atoms with van der Waals surface area (Å²) in [6, 6.07) is 10.0. The van der Waals surface area contributed by atoms with Crippen molar-refractivity contribution in [2.45, 2.75) is 19.2 Å². The summed E-state index contributed by atoms with van der Waals surface area (Å²) in [5.41, 5.74) is 3.18. The zero-order valence-electron chi connectivity index (χ0n) is 11.5. The minimum Gasteiger partial charge on any atom is -0.472 e. The van der Waals surface area contributed by atoms with Crippen molar-refractivity contribution in [1.82, 2.24) is 10.6 Å². The molecule has 1 atom stereocenters. The van der Waals surface area contributed by atoms with E-state index in [1.807, 2.05) is 30.3 Å². The maximum Gasteiger partial charge on any atom is 0.192 e. The number of benzene rings is 1. The molecule has 3 rings (SSSR count). The molecule has 2 aromatic rings. The fraction of sp³-hybridized carbons (Fsp3) is 0.267. The lowest BCUT2D eigenvalue weighted by Gasteiger charge is -2.13. The minimum absolute atomic E-state index is 0. The molecule has 1 unspecified atom stereocenters. The van der Waals surface area contributed by atoms with E-state index in [0.29, 0.717) is 13.1 Å². The Morgan fingerprint density at radius 3 is 2.71 bits per heavy atom. The Kier molecular flexibility index (Phi) is 5.63. The zero-order chi connectivity index (χ0) is 13.8. The molecule has 2 heterocycles. The van der Waals surface area contributed by atoms with Gasteiger partial charge in [0.2, 0.25) is 0 Å². The first-order valence-electron chi connectivity index (χ1n) is 6.61. The molecule has 0 amide bonds. The van der Waals surface area contributed by atoms with E-state index in [1.165, 1.54) is 5.56 Å². The monoisotopic (exact) mass is 399 g/mol. The molecule has 0 saturated carbocycles. The van der Waals surface area contributed by atoms with E-state index >= 15 is 0 Å². The number of rotatable bonds is 4. The number of hydrogen-bond acceptors (Lipinski definition) is 5. The van der Waals surface area contributed by atoms with Crippen molar-refractivity contribution in [3.63, 3.8) is 0 Å². The van der Waals surface area contributed by atoms with Crippen LogP contribution in [0.3, 0.4) is 0 Å². The Labute approximate surface area is 140 Å². The number of nitrogens with zero attached hydrogens (tertiary/aromatic N) is 1. The van der Waals surface area contributed by atoms with Crippen LogP contribution in [0, 0.1) is 0 Å². The molecule has 1 aromatic carbocycles. The van der Waals surface area contributed by atoms with Gasteiger partial charge in [-0.25, -0.2) is 0 Å². The van der Waals surface area contributed by atoms with E-state index in [-0.39, 0.29) is 36.6 Å². The fourth-order valence-corrected chi connectivity index (χ4v) is 2.17. The second kappa shape index (κ2) is 7.46. The second-order valence-electron chi connectivity index (χ2n) is 4.77. The van der Waals surface area contributed by atoms with Gasteiger partial charge in [0.1, 0.15) is 0 Å². The molecule has 0 spiro atoms. The Bertz CT molecular complexity index is 581. The van der Waals surface area contributed by atoms with Crippen LogP contribution in [0.1, 0.15) is 22.7 Å². The molecule has 1 aromatic heterocycles. The number of halogens is 1. The third kappa shape index (κ3) is 3.98. The van der Waals surface area contributed by atoms with Crippen molar-refractivity contribution in [2.75, 3.05) is 6.54 Å². The molecule has 0 aliphatic carbocycles. The van der Waals surface area contributed by atoms with Crippen LogP contribution in [0.2, 0.25) is 0 Å². The lowest BCUT2D eigenvalue weighted by atomic mass is 10.1. The highest BCUT2D eigenvalue weighted by Gasteiger charge is 2.18. The van der Waals surface area contributed by atoms with Gasteiger partial charge in [-0.1, -0.05) is 24.3 Å². The molecule has 3 N–H and O–H groups in total. The first kappa shape index (κ1) is 15.8. The van der Waals surface area contributed by atoms with Crippen molar-refractivity contribution in [1.29, 1.82) is 0 Å². The van der Waals surface area contributed by atoms with E-state index in [1.54, 1.807) is 12.5 Å². The van der Waals surface area contributed by atoms with Crippen LogP contribution in [0.25, 0.3) is 0 Å². The highest BCUT2D eigenvalue weighted by molar-refractivity contribution is 14.0. The van der Waals surface area contributed by atoms with E-state index in [9.17, 15) is 0 Å². The quantitative estimate of drug-likeness (QED) is 0.690. The summed E-state index contributed by atoms with van der Waals surface area (Å²) in [5.74, 6) is 0.808. The standard InChI is InChI=1S/C15H17N3O2.HI/c19-9-11-1-3-13(4-2-11)14-8-17-15(18-14)16-7-12-5-6-20-10-12;/h1-6,10,14,19H,7-9H2,(H2,16,17,18);1H. The average molecular weight is 399 g/mol. The van der Waals surface area contributed by atoms with Gasteiger partial charge in [-0.2, -0.15) is 0 Å². The van der Waals surface area contributed by atoms with Crippen molar-refractivity contribution in [3.8, 4) is 0 Å². The van der Waals surface area contributed by atoms with Crippen LogP contribution < -0.4 is 10.6 Å². The molecule has 21 heavy (non-hydrogen) atoms. The van der Waals surface area contributed by atoms with Crippen molar-refractivity contribution >= 4 is 29.9 Å². The smallest absolute Gasteiger partial charge is 0.192 e. The van der Waals surface area contributed by atoms with E-state index in [2.05, 4.69) is 15.6 Å². The molecule has 0 fully saturated rings. The van der Waals surface area contributed by atoms with Gasteiger partial charge in [-0.05, 0) is 17.2 Å². The van der Waals surface area contributed by atoms with Crippen LogP contribution in [-0.2, 0) is 13.2 Å². The predicted octanol–water partition coefficient (Wildman–Crippen LogP) is 2.18. The number of aliphatic imine (C=N–C) groups is 1. The number of furan rings is 1. The average Bonchev–Trinajstić information content (AvgIpc) is 3.17. The summed E-state index contributed by atoms with van der Waals surface area (Å²) in [4.78, 5) is 4.45. The van der Waals surface area contributed by atoms with Crippen molar-refractivity contribution in [2.24, 2.45) is 4.99 Å². The minimum atomic E-state index is 0. The van der Waals surface area contributed by atoms with Gasteiger partial charge in [0.25, 0.3) is 0 Å².